The number of aromatic nitrogens is 3. The smallest absolute Gasteiger partial charge is 0.258 e. The Labute approximate surface area is 115 Å². The molecule has 5 heteroatoms. The third-order valence-electron chi connectivity index (χ3n) is 2.91. The summed E-state index contributed by atoms with van der Waals surface area (Å²) in [6.07, 6.45) is 1.68. The minimum absolute atomic E-state index is 0.424. The third kappa shape index (κ3) is 2.15. The molecule has 0 unspecified atom stereocenters. The first kappa shape index (κ1) is 12.1. The Bertz CT molecular complexity index is 787. The fourth-order valence-corrected chi connectivity index (χ4v) is 1.91. The van der Waals surface area contributed by atoms with Gasteiger partial charge in [0.25, 0.3) is 5.89 Å². The summed E-state index contributed by atoms with van der Waals surface area (Å²) < 4.78 is 5.28. The molecule has 0 N–H and O–H groups in total. The molecule has 2 aromatic heterocycles. The first-order valence-corrected chi connectivity index (χ1v) is 6.04. The van der Waals surface area contributed by atoms with Crippen molar-refractivity contribution in [2.45, 2.75) is 6.92 Å². The first-order chi connectivity index (χ1) is 9.78. The Morgan fingerprint density at radius 1 is 1.20 bits per heavy atom. The molecule has 0 aliphatic carbocycles. The van der Waals surface area contributed by atoms with E-state index in [0.717, 1.165) is 11.1 Å². The minimum atomic E-state index is 0.424. The lowest BCUT2D eigenvalue weighted by Crippen LogP contribution is -1.87. The molecule has 0 fully saturated rings. The number of hydrogen-bond donors (Lipinski definition) is 0. The fourth-order valence-electron chi connectivity index (χ4n) is 1.91. The standard InChI is InChI=1S/C15H10N4O/c1-10-8-11(9-16)5-6-12(10)15-18-14(19-20-15)13-4-2-3-7-17-13/h2-8H,1H3. The van der Waals surface area contributed by atoms with E-state index < -0.39 is 0 Å². The lowest BCUT2D eigenvalue weighted by Gasteiger charge is -1.99. The number of benzene rings is 1. The summed E-state index contributed by atoms with van der Waals surface area (Å²) in [6.45, 7) is 1.90. The van der Waals surface area contributed by atoms with Crippen molar-refractivity contribution in [3.05, 3.63) is 53.7 Å². The van der Waals surface area contributed by atoms with E-state index in [1.807, 2.05) is 31.2 Å². The zero-order valence-corrected chi connectivity index (χ0v) is 10.7. The molecular weight excluding hydrogens is 252 g/mol. The monoisotopic (exact) mass is 262 g/mol. The van der Waals surface area contributed by atoms with Crippen LogP contribution in [-0.2, 0) is 0 Å². The van der Waals surface area contributed by atoms with Crippen molar-refractivity contribution in [3.8, 4) is 29.0 Å². The number of nitriles is 1. The molecule has 5 nitrogen and oxygen atoms in total. The van der Waals surface area contributed by atoms with E-state index in [1.54, 1.807) is 18.3 Å². The molecule has 0 bridgehead atoms. The van der Waals surface area contributed by atoms with Gasteiger partial charge in [0, 0.05) is 11.8 Å². The lowest BCUT2D eigenvalue weighted by molar-refractivity contribution is 0.432. The Hall–Kier alpha value is -3.00. The molecule has 0 atom stereocenters. The van der Waals surface area contributed by atoms with Crippen molar-refractivity contribution in [3.63, 3.8) is 0 Å². The van der Waals surface area contributed by atoms with Gasteiger partial charge in [-0.3, -0.25) is 4.98 Å². The number of pyridine rings is 1. The zero-order chi connectivity index (χ0) is 13.9. The van der Waals surface area contributed by atoms with E-state index in [-0.39, 0.29) is 0 Å². The van der Waals surface area contributed by atoms with Gasteiger partial charge < -0.3 is 4.52 Å². The fraction of sp³-hybridized carbons (Fsp3) is 0.0667. The van der Waals surface area contributed by atoms with Crippen LogP contribution < -0.4 is 0 Å². The highest BCUT2D eigenvalue weighted by molar-refractivity contribution is 5.62. The van der Waals surface area contributed by atoms with Crippen molar-refractivity contribution >= 4 is 0 Å². The predicted molar refractivity (Wildman–Crippen MR) is 72.4 cm³/mol. The summed E-state index contributed by atoms with van der Waals surface area (Å²) >= 11 is 0. The third-order valence-corrected chi connectivity index (χ3v) is 2.91. The molecule has 0 saturated carbocycles. The van der Waals surface area contributed by atoms with Crippen molar-refractivity contribution < 1.29 is 4.52 Å². The van der Waals surface area contributed by atoms with E-state index in [4.69, 9.17) is 9.78 Å². The largest absolute Gasteiger partial charge is 0.334 e. The molecule has 0 saturated heterocycles. The Morgan fingerprint density at radius 2 is 2.10 bits per heavy atom. The van der Waals surface area contributed by atoms with Gasteiger partial charge in [-0.25, -0.2) is 0 Å². The van der Waals surface area contributed by atoms with Crippen molar-refractivity contribution in [1.29, 1.82) is 5.26 Å². The van der Waals surface area contributed by atoms with Crippen LogP contribution in [0.2, 0.25) is 0 Å². The van der Waals surface area contributed by atoms with Gasteiger partial charge in [0.05, 0.1) is 11.6 Å². The highest BCUT2D eigenvalue weighted by atomic mass is 16.5. The van der Waals surface area contributed by atoms with Crippen LogP contribution in [-0.4, -0.2) is 15.1 Å². The minimum Gasteiger partial charge on any atom is -0.334 e. The molecular formula is C15H10N4O. The molecule has 20 heavy (non-hydrogen) atoms. The van der Waals surface area contributed by atoms with Gasteiger partial charge in [-0.1, -0.05) is 11.2 Å². The molecule has 2 heterocycles. The van der Waals surface area contributed by atoms with Gasteiger partial charge in [0.1, 0.15) is 5.69 Å². The van der Waals surface area contributed by atoms with Crippen LogP contribution in [0.3, 0.4) is 0 Å². The van der Waals surface area contributed by atoms with E-state index in [2.05, 4.69) is 21.2 Å². The summed E-state index contributed by atoms with van der Waals surface area (Å²) in [5.74, 6) is 0.872. The SMILES string of the molecule is Cc1cc(C#N)ccc1-c1nc(-c2ccccn2)no1. The molecule has 0 aliphatic heterocycles. The van der Waals surface area contributed by atoms with Crippen LogP contribution in [0.5, 0.6) is 0 Å². The highest BCUT2D eigenvalue weighted by Crippen LogP contribution is 2.24. The second-order valence-electron chi connectivity index (χ2n) is 4.28. The average molecular weight is 262 g/mol. The zero-order valence-electron chi connectivity index (χ0n) is 10.7. The summed E-state index contributed by atoms with van der Waals surface area (Å²) in [4.78, 5) is 8.52. The Morgan fingerprint density at radius 3 is 2.80 bits per heavy atom. The molecule has 3 aromatic rings. The topological polar surface area (TPSA) is 75.6 Å². The molecule has 3 rings (SSSR count). The van der Waals surface area contributed by atoms with Crippen molar-refractivity contribution in [2.75, 3.05) is 0 Å². The van der Waals surface area contributed by atoms with Crippen LogP contribution in [0, 0.1) is 18.3 Å². The second-order valence-corrected chi connectivity index (χ2v) is 4.28. The summed E-state index contributed by atoms with van der Waals surface area (Å²) in [5.41, 5.74) is 3.00. The quantitative estimate of drug-likeness (QED) is 0.709. The summed E-state index contributed by atoms with van der Waals surface area (Å²) in [7, 11) is 0. The normalized spacial score (nSPS) is 10.2. The molecule has 96 valence electrons. The van der Waals surface area contributed by atoms with Gasteiger partial charge in [0.15, 0.2) is 0 Å². The Kier molecular flexibility index (Phi) is 2.98. The summed E-state index contributed by atoms with van der Waals surface area (Å²) in [6, 6.07) is 12.9. The van der Waals surface area contributed by atoms with E-state index in [0.29, 0.717) is 23.0 Å². The molecule has 0 amide bonds. The van der Waals surface area contributed by atoms with Gasteiger partial charge in [-0.2, -0.15) is 10.2 Å². The molecule has 0 aliphatic rings. The number of nitrogens with zero attached hydrogens (tertiary/aromatic N) is 4. The van der Waals surface area contributed by atoms with Gasteiger partial charge in [-0.15, -0.1) is 0 Å². The predicted octanol–water partition coefficient (Wildman–Crippen LogP) is 2.98. The van der Waals surface area contributed by atoms with Crippen LogP contribution in [0.4, 0.5) is 0 Å². The summed E-state index contributed by atoms with van der Waals surface area (Å²) in [5, 5.41) is 12.8. The van der Waals surface area contributed by atoms with Crippen LogP contribution in [0.15, 0.2) is 47.1 Å². The van der Waals surface area contributed by atoms with Gasteiger partial charge in [-0.05, 0) is 42.8 Å². The van der Waals surface area contributed by atoms with Crippen molar-refractivity contribution in [2.24, 2.45) is 0 Å². The maximum Gasteiger partial charge on any atom is 0.258 e. The average Bonchev–Trinajstić information content (AvgIpc) is 2.97. The van der Waals surface area contributed by atoms with Crippen molar-refractivity contribution in [1.82, 2.24) is 15.1 Å². The molecule has 1 aromatic carbocycles. The maximum absolute atomic E-state index is 8.87. The lowest BCUT2D eigenvalue weighted by atomic mass is 10.1. The molecule has 0 spiro atoms. The van der Waals surface area contributed by atoms with Gasteiger partial charge in [0.2, 0.25) is 5.82 Å². The maximum atomic E-state index is 8.87. The van der Waals surface area contributed by atoms with E-state index in [9.17, 15) is 0 Å². The number of rotatable bonds is 2. The van der Waals surface area contributed by atoms with Crippen LogP contribution in [0.1, 0.15) is 11.1 Å². The Balaban J connectivity index is 2.01. The number of aryl methyl sites for hydroxylation is 1. The van der Waals surface area contributed by atoms with Crippen LogP contribution in [0.25, 0.3) is 23.0 Å². The second kappa shape index (κ2) is 4.94. The molecule has 0 radical (unpaired) electrons. The van der Waals surface area contributed by atoms with Crippen LogP contribution >= 0.6 is 0 Å². The highest BCUT2D eigenvalue weighted by Gasteiger charge is 2.13. The van der Waals surface area contributed by atoms with Gasteiger partial charge >= 0.3 is 0 Å². The van der Waals surface area contributed by atoms with E-state index in [1.165, 1.54) is 0 Å². The number of hydrogen-bond acceptors (Lipinski definition) is 5. The van der Waals surface area contributed by atoms with E-state index >= 15 is 0 Å². The first-order valence-electron chi connectivity index (χ1n) is 6.04.